The number of anilines is 2. The minimum absolute atomic E-state index is 0.103. The van der Waals surface area contributed by atoms with E-state index in [1.807, 2.05) is 12.1 Å². The molecule has 0 unspecified atom stereocenters. The SMILES string of the molecule is O=C(c1ccc(S(=O)(=O)Nc2ccccc2)cc1)N1CCN(c2ccc(Cl)cn2)CC1. The second kappa shape index (κ2) is 8.95. The topological polar surface area (TPSA) is 82.6 Å². The Balaban J connectivity index is 1.39. The van der Waals surface area contributed by atoms with Crippen LogP contribution in [-0.4, -0.2) is 50.4 Å². The quantitative estimate of drug-likeness (QED) is 0.635. The third-order valence-electron chi connectivity index (χ3n) is 5.04. The van der Waals surface area contributed by atoms with Gasteiger partial charge in [-0.25, -0.2) is 13.4 Å². The van der Waals surface area contributed by atoms with Gasteiger partial charge in [-0.05, 0) is 48.5 Å². The number of rotatable bonds is 5. The molecule has 1 aliphatic heterocycles. The molecule has 1 aromatic heterocycles. The fraction of sp³-hybridized carbons (Fsp3) is 0.182. The zero-order chi connectivity index (χ0) is 21.8. The number of amides is 1. The number of sulfonamides is 1. The number of pyridine rings is 1. The summed E-state index contributed by atoms with van der Waals surface area (Å²) in [6, 6.07) is 18.3. The standard InChI is InChI=1S/C22H21ClN4O3S/c23-18-8-11-21(24-16-18)26-12-14-27(15-13-26)22(28)17-6-9-20(10-7-17)31(29,30)25-19-4-2-1-3-5-19/h1-11,16,25H,12-15H2. The summed E-state index contributed by atoms with van der Waals surface area (Å²) >= 11 is 5.89. The van der Waals surface area contributed by atoms with E-state index in [1.165, 1.54) is 12.1 Å². The van der Waals surface area contributed by atoms with E-state index in [9.17, 15) is 13.2 Å². The number of para-hydroxylation sites is 1. The van der Waals surface area contributed by atoms with Gasteiger partial charge in [-0.3, -0.25) is 9.52 Å². The van der Waals surface area contributed by atoms with Gasteiger partial charge in [0.2, 0.25) is 0 Å². The Morgan fingerprint density at radius 1 is 0.903 bits per heavy atom. The summed E-state index contributed by atoms with van der Waals surface area (Å²) in [5.41, 5.74) is 0.937. The molecule has 1 fully saturated rings. The number of nitrogens with zero attached hydrogens (tertiary/aromatic N) is 3. The van der Waals surface area contributed by atoms with Crippen LogP contribution >= 0.6 is 11.6 Å². The molecule has 0 bridgehead atoms. The summed E-state index contributed by atoms with van der Waals surface area (Å²) < 4.78 is 27.6. The number of nitrogens with one attached hydrogen (secondary N) is 1. The molecule has 9 heteroatoms. The van der Waals surface area contributed by atoms with Gasteiger partial charge in [0.05, 0.1) is 9.92 Å². The van der Waals surface area contributed by atoms with Gasteiger partial charge in [0.1, 0.15) is 5.82 Å². The van der Waals surface area contributed by atoms with Crippen LogP contribution in [0.15, 0.2) is 77.8 Å². The first-order valence-corrected chi connectivity index (χ1v) is 11.6. The van der Waals surface area contributed by atoms with Gasteiger partial charge in [0.15, 0.2) is 0 Å². The van der Waals surface area contributed by atoms with Crippen LogP contribution in [-0.2, 0) is 10.0 Å². The van der Waals surface area contributed by atoms with E-state index in [-0.39, 0.29) is 10.8 Å². The van der Waals surface area contributed by atoms with Crippen LogP contribution in [0.2, 0.25) is 5.02 Å². The lowest BCUT2D eigenvalue weighted by Gasteiger charge is -2.35. The molecule has 1 saturated heterocycles. The van der Waals surface area contributed by atoms with Crippen LogP contribution in [0, 0.1) is 0 Å². The number of benzene rings is 2. The van der Waals surface area contributed by atoms with Crippen molar-refractivity contribution in [3.63, 3.8) is 0 Å². The van der Waals surface area contributed by atoms with Crippen molar-refractivity contribution < 1.29 is 13.2 Å². The first-order valence-electron chi connectivity index (χ1n) is 9.76. The van der Waals surface area contributed by atoms with Crippen molar-refractivity contribution in [2.45, 2.75) is 4.90 Å². The van der Waals surface area contributed by atoms with Crippen LogP contribution in [0.4, 0.5) is 11.5 Å². The molecule has 0 saturated carbocycles. The third-order valence-corrected chi connectivity index (χ3v) is 6.66. The molecule has 31 heavy (non-hydrogen) atoms. The molecule has 7 nitrogen and oxygen atoms in total. The number of piperazine rings is 1. The molecule has 2 aromatic carbocycles. The average molecular weight is 457 g/mol. The van der Waals surface area contributed by atoms with Gasteiger partial charge in [-0.15, -0.1) is 0 Å². The molecule has 0 spiro atoms. The van der Waals surface area contributed by atoms with Gasteiger partial charge < -0.3 is 9.80 Å². The van der Waals surface area contributed by atoms with E-state index in [1.54, 1.807) is 53.6 Å². The summed E-state index contributed by atoms with van der Waals surface area (Å²) in [7, 11) is -3.72. The van der Waals surface area contributed by atoms with Crippen molar-refractivity contribution in [1.82, 2.24) is 9.88 Å². The average Bonchev–Trinajstić information content (AvgIpc) is 2.80. The number of halogens is 1. The Morgan fingerprint density at radius 3 is 2.19 bits per heavy atom. The van der Waals surface area contributed by atoms with E-state index in [4.69, 9.17) is 11.6 Å². The van der Waals surface area contributed by atoms with E-state index in [0.717, 1.165) is 5.82 Å². The van der Waals surface area contributed by atoms with Crippen LogP contribution in [0.1, 0.15) is 10.4 Å². The lowest BCUT2D eigenvalue weighted by atomic mass is 10.2. The number of aromatic nitrogens is 1. The fourth-order valence-electron chi connectivity index (χ4n) is 3.37. The molecule has 4 rings (SSSR count). The predicted octanol–water partition coefficient (Wildman–Crippen LogP) is 3.50. The minimum Gasteiger partial charge on any atom is -0.353 e. The van der Waals surface area contributed by atoms with Crippen LogP contribution in [0.3, 0.4) is 0 Å². The first-order chi connectivity index (χ1) is 14.9. The minimum atomic E-state index is -3.72. The zero-order valence-corrected chi connectivity index (χ0v) is 18.2. The maximum Gasteiger partial charge on any atom is 0.261 e. The third kappa shape index (κ3) is 4.98. The van der Waals surface area contributed by atoms with Gasteiger partial charge in [-0.2, -0.15) is 0 Å². The van der Waals surface area contributed by atoms with Crippen molar-refractivity contribution in [3.05, 3.63) is 83.5 Å². The molecule has 1 N–H and O–H groups in total. The lowest BCUT2D eigenvalue weighted by Crippen LogP contribution is -2.49. The number of carbonyl (C=O) groups is 1. The highest BCUT2D eigenvalue weighted by molar-refractivity contribution is 7.92. The maximum absolute atomic E-state index is 12.8. The molecule has 1 amide bonds. The first kappa shape index (κ1) is 21.1. The molecule has 0 aliphatic carbocycles. The van der Waals surface area contributed by atoms with Crippen molar-refractivity contribution in [2.24, 2.45) is 0 Å². The van der Waals surface area contributed by atoms with E-state index < -0.39 is 10.0 Å². The largest absolute Gasteiger partial charge is 0.353 e. The van der Waals surface area contributed by atoms with E-state index in [0.29, 0.717) is 42.5 Å². The molecular weight excluding hydrogens is 436 g/mol. The fourth-order valence-corrected chi connectivity index (χ4v) is 4.54. The summed E-state index contributed by atoms with van der Waals surface area (Å²) in [5.74, 6) is 0.709. The highest BCUT2D eigenvalue weighted by Gasteiger charge is 2.23. The second-order valence-corrected chi connectivity index (χ2v) is 9.23. The Kier molecular flexibility index (Phi) is 6.11. The maximum atomic E-state index is 12.8. The number of carbonyl (C=O) groups excluding carboxylic acids is 1. The molecule has 0 atom stereocenters. The highest BCUT2D eigenvalue weighted by atomic mass is 35.5. The number of hydrogen-bond donors (Lipinski definition) is 1. The Bertz CT molecular complexity index is 1150. The van der Waals surface area contributed by atoms with Gasteiger partial charge >= 0.3 is 0 Å². The summed E-state index contributed by atoms with van der Waals surface area (Å²) in [6.45, 7) is 2.43. The predicted molar refractivity (Wildman–Crippen MR) is 121 cm³/mol. The summed E-state index contributed by atoms with van der Waals surface area (Å²) in [5, 5.41) is 0.585. The number of hydrogen-bond acceptors (Lipinski definition) is 5. The van der Waals surface area contributed by atoms with Crippen LogP contribution in [0.25, 0.3) is 0 Å². The monoisotopic (exact) mass is 456 g/mol. The van der Waals surface area contributed by atoms with Gasteiger partial charge in [0.25, 0.3) is 15.9 Å². The molecule has 0 radical (unpaired) electrons. The van der Waals surface area contributed by atoms with E-state index in [2.05, 4.69) is 14.6 Å². The molecule has 2 heterocycles. The molecule has 3 aromatic rings. The summed E-state index contributed by atoms with van der Waals surface area (Å²) in [4.78, 5) is 21.1. The molecule has 1 aliphatic rings. The van der Waals surface area contributed by atoms with Gasteiger partial charge in [0, 0.05) is 43.6 Å². The second-order valence-electron chi connectivity index (χ2n) is 7.11. The Labute approximate surface area is 186 Å². The Morgan fingerprint density at radius 2 is 1.58 bits per heavy atom. The highest BCUT2D eigenvalue weighted by Crippen LogP contribution is 2.19. The van der Waals surface area contributed by atoms with Crippen molar-refractivity contribution >= 4 is 39.0 Å². The smallest absolute Gasteiger partial charge is 0.261 e. The van der Waals surface area contributed by atoms with Crippen molar-refractivity contribution in [3.8, 4) is 0 Å². The van der Waals surface area contributed by atoms with Gasteiger partial charge in [-0.1, -0.05) is 29.8 Å². The summed E-state index contributed by atoms with van der Waals surface area (Å²) in [6.07, 6.45) is 1.61. The van der Waals surface area contributed by atoms with Crippen LogP contribution < -0.4 is 9.62 Å². The van der Waals surface area contributed by atoms with Crippen molar-refractivity contribution in [1.29, 1.82) is 0 Å². The normalized spacial score (nSPS) is 14.4. The van der Waals surface area contributed by atoms with Crippen molar-refractivity contribution in [2.75, 3.05) is 35.8 Å². The van der Waals surface area contributed by atoms with Crippen LogP contribution in [0.5, 0.6) is 0 Å². The zero-order valence-electron chi connectivity index (χ0n) is 16.6. The van der Waals surface area contributed by atoms with E-state index >= 15 is 0 Å². The molecular formula is C22H21ClN4O3S. The Hall–Kier alpha value is -3.10. The lowest BCUT2D eigenvalue weighted by molar-refractivity contribution is 0.0746. The molecule has 160 valence electrons.